The molecule has 0 unspecified atom stereocenters. The Morgan fingerprint density at radius 2 is 1.96 bits per heavy atom. The third-order valence-corrected chi connectivity index (χ3v) is 3.69. The molecule has 11 heteroatoms. The van der Waals surface area contributed by atoms with Crippen molar-refractivity contribution in [3.63, 3.8) is 0 Å². The number of aromatic nitrogens is 1. The van der Waals surface area contributed by atoms with Gasteiger partial charge in [-0.3, -0.25) is 14.6 Å². The number of carbonyl (C=O) groups excluding carboxylic acids is 2. The average molecular weight is 396 g/mol. The molecule has 0 aliphatic rings. The third kappa shape index (κ3) is 8.06. The molecule has 0 aromatic carbocycles. The van der Waals surface area contributed by atoms with Gasteiger partial charge in [0.15, 0.2) is 11.7 Å². The Morgan fingerprint density at radius 3 is 2.50 bits per heavy atom. The SMILES string of the molecule is CC(=O)N[C@@H](CC(C)C)c1nc(C(=O)N[C@@H](CCCN=C(N)N)C(=O)O)co1. The third-order valence-electron chi connectivity index (χ3n) is 3.69. The minimum absolute atomic E-state index is 0.0652. The summed E-state index contributed by atoms with van der Waals surface area (Å²) in [6, 6.07) is -1.60. The smallest absolute Gasteiger partial charge is 0.326 e. The predicted octanol–water partition coefficient (Wildman–Crippen LogP) is 0.135. The lowest BCUT2D eigenvalue weighted by molar-refractivity contribution is -0.139. The summed E-state index contributed by atoms with van der Waals surface area (Å²) < 4.78 is 5.34. The normalized spacial score (nSPS) is 12.9. The van der Waals surface area contributed by atoms with Crippen LogP contribution in [0, 0.1) is 5.92 Å². The Kier molecular flexibility index (Phi) is 8.93. The summed E-state index contributed by atoms with van der Waals surface area (Å²) in [5.41, 5.74) is 10.4. The van der Waals surface area contributed by atoms with Crippen molar-refractivity contribution in [2.45, 2.75) is 52.1 Å². The van der Waals surface area contributed by atoms with Crippen LogP contribution in [0.5, 0.6) is 0 Å². The Balaban J connectivity index is 2.78. The summed E-state index contributed by atoms with van der Waals surface area (Å²) >= 11 is 0. The van der Waals surface area contributed by atoms with Crippen LogP contribution in [-0.4, -0.2) is 46.4 Å². The van der Waals surface area contributed by atoms with E-state index in [1.807, 2.05) is 13.8 Å². The number of oxazole rings is 1. The van der Waals surface area contributed by atoms with Gasteiger partial charge >= 0.3 is 5.97 Å². The number of hydrogen-bond acceptors (Lipinski definition) is 6. The molecule has 0 spiro atoms. The van der Waals surface area contributed by atoms with Gasteiger partial charge in [-0.2, -0.15) is 0 Å². The fourth-order valence-corrected chi connectivity index (χ4v) is 2.48. The highest BCUT2D eigenvalue weighted by Gasteiger charge is 2.25. The highest BCUT2D eigenvalue weighted by molar-refractivity contribution is 5.94. The van der Waals surface area contributed by atoms with E-state index in [2.05, 4.69) is 20.6 Å². The van der Waals surface area contributed by atoms with Gasteiger partial charge in [-0.05, 0) is 25.2 Å². The first-order valence-electron chi connectivity index (χ1n) is 8.91. The molecule has 7 N–H and O–H groups in total. The number of guanidine groups is 1. The maximum absolute atomic E-state index is 12.3. The topological polar surface area (TPSA) is 186 Å². The van der Waals surface area contributed by atoms with Crippen LogP contribution in [0.15, 0.2) is 15.7 Å². The standard InChI is InChI=1S/C17H28N6O5/c1-9(2)7-12(21-10(3)24)15-23-13(8-28-15)14(25)22-11(16(26)27)5-4-6-20-17(18)19/h8-9,11-12H,4-7H2,1-3H3,(H,21,24)(H,22,25)(H,26,27)(H4,18,19,20)/t11-,12-/m0/s1. The Labute approximate surface area is 163 Å². The highest BCUT2D eigenvalue weighted by atomic mass is 16.4. The molecule has 0 aliphatic heterocycles. The molecule has 28 heavy (non-hydrogen) atoms. The molecular weight excluding hydrogens is 368 g/mol. The number of nitrogens with zero attached hydrogens (tertiary/aromatic N) is 2. The van der Waals surface area contributed by atoms with Gasteiger partial charge in [-0.1, -0.05) is 13.8 Å². The van der Waals surface area contributed by atoms with Crippen LogP contribution in [0.25, 0.3) is 0 Å². The zero-order valence-corrected chi connectivity index (χ0v) is 16.3. The Hall–Kier alpha value is -3.11. The van der Waals surface area contributed by atoms with Crippen LogP contribution >= 0.6 is 0 Å². The van der Waals surface area contributed by atoms with E-state index in [1.165, 1.54) is 6.92 Å². The molecule has 0 fully saturated rings. The van der Waals surface area contributed by atoms with Crippen molar-refractivity contribution >= 4 is 23.7 Å². The van der Waals surface area contributed by atoms with Gasteiger partial charge in [0, 0.05) is 13.5 Å². The van der Waals surface area contributed by atoms with E-state index in [1.54, 1.807) is 0 Å². The molecule has 1 rings (SSSR count). The zero-order valence-electron chi connectivity index (χ0n) is 16.3. The largest absolute Gasteiger partial charge is 0.480 e. The van der Waals surface area contributed by atoms with Crippen molar-refractivity contribution in [3.8, 4) is 0 Å². The van der Waals surface area contributed by atoms with Gasteiger partial charge in [-0.25, -0.2) is 9.78 Å². The molecule has 0 bridgehead atoms. The number of carboxylic acids is 1. The molecule has 1 aromatic heterocycles. The number of amides is 2. The maximum atomic E-state index is 12.3. The number of aliphatic carboxylic acids is 1. The summed E-state index contributed by atoms with van der Waals surface area (Å²) in [7, 11) is 0. The molecule has 2 amide bonds. The number of hydrogen-bond donors (Lipinski definition) is 5. The van der Waals surface area contributed by atoms with E-state index >= 15 is 0 Å². The van der Waals surface area contributed by atoms with Gasteiger partial charge in [0.2, 0.25) is 11.8 Å². The van der Waals surface area contributed by atoms with Crippen LogP contribution in [0.2, 0.25) is 0 Å². The van der Waals surface area contributed by atoms with Crippen LogP contribution < -0.4 is 22.1 Å². The zero-order chi connectivity index (χ0) is 21.3. The van der Waals surface area contributed by atoms with Gasteiger partial charge < -0.3 is 31.6 Å². The number of carbonyl (C=O) groups is 3. The molecule has 11 nitrogen and oxygen atoms in total. The van der Waals surface area contributed by atoms with Crippen molar-refractivity contribution in [2.75, 3.05) is 6.54 Å². The molecule has 0 saturated heterocycles. The van der Waals surface area contributed by atoms with Crippen LogP contribution in [0.4, 0.5) is 0 Å². The summed E-state index contributed by atoms with van der Waals surface area (Å²) in [6.07, 6.45) is 2.23. The summed E-state index contributed by atoms with van der Waals surface area (Å²) in [4.78, 5) is 43.0. The van der Waals surface area contributed by atoms with E-state index < -0.39 is 24.0 Å². The van der Waals surface area contributed by atoms with Gasteiger partial charge in [0.1, 0.15) is 18.3 Å². The first-order valence-corrected chi connectivity index (χ1v) is 8.91. The molecule has 1 heterocycles. The first-order chi connectivity index (χ1) is 13.1. The number of carboxylic acid groups (broad SMARTS) is 1. The van der Waals surface area contributed by atoms with Crippen LogP contribution in [0.3, 0.4) is 0 Å². The fraction of sp³-hybridized carbons (Fsp3) is 0.588. The molecular formula is C17H28N6O5. The summed E-state index contributed by atoms with van der Waals surface area (Å²) in [6.45, 7) is 5.59. The summed E-state index contributed by atoms with van der Waals surface area (Å²) in [5, 5.41) is 14.4. The fourth-order valence-electron chi connectivity index (χ4n) is 2.48. The molecule has 2 atom stereocenters. The van der Waals surface area contributed by atoms with Gasteiger partial charge in [0.25, 0.3) is 5.91 Å². The van der Waals surface area contributed by atoms with Gasteiger partial charge in [-0.15, -0.1) is 0 Å². The van der Waals surface area contributed by atoms with Crippen LogP contribution in [-0.2, 0) is 9.59 Å². The average Bonchev–Trinajstić information content (AvgIpc) is 3.05. The number of rotatable bonds is 11. The lowest BCUT2D eigenvalue weighted by atomic mass is 10.0. The Bertz CT molecular complexity index is 711. The molecule has 0 radical (unpaired) electrons. The lowest BCUT2D eigenvalue weighted by Crippen LogP contribution is -2.41. The first kappa shape index (κ1) is 22.9. The van der Waals surface area contributed by atoms with Crippen molar-refractivity contribution in [1.29, 1.82) is 0 Å². The minimum atomic E-state index is -1.18. The number of nitrogens with one attached hydrogen (secondary N) is 2. The minimum Gasteiger partial charge on any atom is -0.480 e. The number of nitrogens with two attached hydrogens (primary N) is 2. The van der Waals surface area contributed by atoms with E-state index in [4.69, 9.17) is 15.9 Å². The second kappa shape index (κ2) is 10.9. The highest BCUT2D eigenvalue weighted by Crippen LogP contribution is 2.21. The maximum Gasteiger partial charge on any atom is 0.326 e. The van der Waals surface area contributed by atoms with Crippen LogP contribution in [0.1, 0.15) is 62.5 Å². The van der Waals surface area contributed by atoms with Crippen molar-refractivity contribution < 1.29 is 23.9 Å². The lowest BCUT2D eigenvalue weighted by Gasteiger charge is -2.16. The Morgan fingerprint density at radius 1 is 1.29 bits per heavy atom. The second-order valence-corrected chi connectivity index (χ2v) is 6.77. The molecule has 1 aromatic rings. The molecule has 156 valence electrons. The van der Waals surface area contributed by atoms with Crippen molar-refractivity contribution in [1.82, 2.24) is 15.6 Å². The second-order valence-electron chi connectivity index (χ2n) is 6.77. The van der Waals surface area contributed by atoms with E-state index in [9.17, 15) is 19.5 Å². The van der Waals surface area contributed by atoms with Gasteiger partial charge in [0.05, 0.1) is 0 Å². The monoisotopic (exact) mass is 396 g/mol. The molecule has 0 aliphatic carbocycles. The van der Waals surface area contributed by atoms with E-state index in [0.717, 1.165) is 6.26 Å². The van der Waals surface area contributed by atoms with E-state index in [-0.39, 0.29) is 42.3 Å². The van der Waals surface area contributed by atoms with E-state index in [0.29, 0.717) is 12.8 Å². The molecule has 0 saturated carbocycles. The summed E-state index contributed by atoms with van der Waals surface area (Å²) in [5.74, 6) is -1.76. The predicted molar refractivity (Wildman–Crippen MR) is 101 cm³/mol. The van der Waals surface area contributed by atoms with Crippen molar-refractivity contribution in [3.05, 3.63) is 17.8 Å². The quantitative estimate of drug-likeness (QED) is 0.198. The van der Waals surface area contributed by atoms with Crippen molar-refractivity contribution in [2.24, 2.45) is 22.4 Å². The number of aliphatic imine (C=N–C) groups is 1.